The second-order valence-electron chi connectivity index (χ2n) is 6.42. The van der Waals surface area contributed by atoms with Crippen LogP contribution in [0.1, 0.15) is 38.8 Å². The molecule has 5 nitrogen and oxygen atoms in total. The van der Waals surface area contributed by atoms with Crippen molar-refractivity contribution in [2.24, 2.45) is 10.7 Å². The third-order valence-electron chi connectivity index (χ3n) is 2.91. The van der Waals surface area contributed by atoms with E-state index in [1.54, 1.807) is 7.11 Å². The molecular weight excluding hydrogens is 278 g/mol. The molecule has 0 saturated heterocycles. The number of aliphatic imine (C=N–C) groups is 1. The lowest BCUT2D eigenvalue weighted by molar-refractivity contribution is -0.0149. The summed E-state index contributed by atoms with van der Waals surface area (Å²) in [6.07, 6.45) is 0. The third-order valence-corrected chi connectivity index (χ3v) is 2.91. The summed E-state index contributed by atoms with van der Waals surface area (Å²) in [6, 6.07) is 8.35. The molecule has 0 aromatic heterocycles. The molecule has 0 saturated carbocycles. The summed E-state index contributed by atoms with van der Waals surface area (Å²) in [7, 11) is 1.66. The molecule has 0 heterocycles. The molecule has 0 fully saturated rings. The van der Waals surface area contributed by atoms with Gasteiger partial charge in [0.05, 0.1) is 25.4 Å². The predicted octanol–water partition coefficient (Wildman–Crippen LogP) is 2.44. The van der Waals surface area contributed by atoms with E-state index in [9.17, 15) is 0 Å². The molecule has 1 unspecified atom stereocenters. The number of hydrogen-bond acceptors (Lipinski definition) is 3. The van der Waals surface area contributed by atoms with Gasteiger partial charge in [0.1, 0.15) is 0 Å². The highest BCUT2D eigenvalue weighted by Crippen LogP contribution is 2.13. The zero-order chi connectivity index (χ0) is 16.6. The first-order valence-electron chi connectivity index (χ1n) is 7.57. The van der Waals surface area contributed by atoms with Gasteiger partial charge in [0.15, 0.2) is 5.96 Å². The first kappa shape index (κ1) is 18.5. The van der Waals surface area contributed by atoms with E-state index >= 15 is 0 Å². The summed E-state index contributed by atoms with van der Waals surface area (Å²) in [4.78, 5) is 4.35. The Morgan fingerprint density at radius 2 is 2.00 bits per heavy atom. The van der Waals surface area contributed by atoms with Crippen LogP contribution >= 0.6 is 0 Å². The summed E-state index contributed by atoms with van der Waals surface area (Å²) in [5.74, 6) is 0.431. The van der Waals surface area contributed by atoms with Gasteiger partial charge in [-0.25, -0.2) is 4.99 Å². The molecule has 124 valence electrons. The van der Waals surface area contributed by atoms with Gasteiger partial charge in [-0.3, -0.25) is 0 Å². The van der Waals surface area contributed by atoms with Crippen LogP contribution in [-0.4, -0.2) is 31.3 Å². The van der Waals surface area contributed by atoms with Gasteiger partial charge in [-0.2, -0.15) is 0 Å². The van der Waals surface area contributed by atoms with Gasteiger partial charge in [-0.15, -0.1) is 0 Å². The van der Waals surface area contributed by atoms with Crippen LogP contribution in [-0.2, 0) is 22.6 Å². The Kier molecular flexibility index (Phi) is 7.35. The number of nitrogens with two attached hydrogens (primary N) is 1. The number of benzene rings is 1. The molecule has 1 aromatic rings. The van der Waals surface area contributed by atoms with E-state index in [0.717, 1.165) is 11.1 Å². The number of nitrogens with zero attached hydrogens (tertiary/aromatic N) is 1. The van der Waals surface area contributed by atoms with E-state index in [1.165, 1.54) is 0 Å². The van der Waals surface area contributed by atoms with Crippen LogP contribution in [0, 0.1) is 0 Å². The first-order chi connectivity index (χ1) is 10.3. The average Bonchev–Trinajstić information content (AvgIpc) is 2.43. The van der Waals surface area contributed by atoms with Crippen molar-refractivity contribution in [3.8, 4) is 0 Å². The van der Waals surface area contributed by atoms with Gasteiger partial charge in [-0.1, -0.05) is 24.3 Å². The number of nitrogens with one attached hydrogen (secondary N) is 1. The molecule has 0 aliphatic rings. The summed E-state index contributed by atoms with van der Waals surface area (Å²) >= 11 is 0. The maximum Gasteiger partial charge on any atom is 0.189 e. The van der Waals surface area contributed by atoms with Crippen molar-refractivity contribution in [1.29, 1.82) is 0 Å². The second-order valence-corrected chi connectivity index (χ2v) is 6.42. The van der Waals surface area contributed by atoms with Crippen LogP contribution in [0.4, 0.5) is 0 Å². The van der Waals surface area contributed by atoms with Gasteiger partial charge in [0.2, 0.25) is 0 Å². The Morgan fingerprint density at radius 3 is 2.64 bits per heavy atom. The average molecular weight is 307 g/mol. The number of methoxy groups -OCH3 is 1. The van der Waals surface area contributed by atoms with Gasteiger partial charge in [-0.05, 0) is 38.8 Å². The molecule has 0 spiro atoms. The molecule has 1 rings (SSSR count). The van der Waals surface area contributed by atoms with Crippen LogP contribution in [0.2, 0.25) is 0 Å². The maximum atomic E-state index is 5.87. The second kappa shape index (κ2) is 8.76. The fraction of sp³-hybridized carbons (Fsp3) is 0.588. The monoisotopic (exact) mass is 307 g/mol. The van der Waals surface area contributed by atoms with Crippen molar-refractivity contribution in [2.45, 2.75) is 52.5 Å². The van der Waals surface area contributed by atoms with E-state index in [2.05, 4.69) is 43.2 Å². The Labute approximate surface area is 133 Å². The number of rotatable bonds is 7. The van der Waals surface area contributed by atoms with Crippen LogP contribution in [0.15, 0.2) is 29.3 Å². The van der Waals surface area contributed by atoms with Crippen LogP contribution in [0.25, 0.3) is 0 Å². The summed E-state index contributed by atoms with van der Waals surface area (Å²) in [5, 5.41) is 3.09. The van der Waals surface area contributed by atoms with Crippen LogP contribution in [0.3, 0.4) is 0 Å². The molecule has 0 aliphatic carbocycles. The van der Waals surface area contributed by atoms with Gasteiger partial charge >= 0.3 is 0 Å². The third kappa shape index (κ3) is 8.00. The lowest BCUT2D eigenvalue weighted by atomic mass is 10.1. The Balaban J connectivity index is 2.55. The number of guanidine groups is 1. The zero-order valence-corrected chi connectivity index (χ0v) is 14.3. The fourth-order valence-electron chi connectivity index (χ4n) is 1.88. The lowest BCUT2D eigenvalue weighted by Crippen LogP contribution is -2.40. The molecule has 0 aliphatic heterocycles. The highest BCUT2D eigenvalue weighted by atomic mass is 16.5. The molecule has 0 radical (unpaired) electrons. The van der Waals surface area contributed by atoms with Crippen LogP contribution < -0.4 is 11.1 Å². The summed E-state index contributed by atoms with van der Waals surface area (Å²) in [6.45, 7) is 9.88. The van der Waals surface area contributed by atoms with E-state index in [0.29, 0.717) is 25.7 Å². The van der Waals surface area contributed by atoms with Gasteiger partial charge < -0.3 is 20.5 Å². The fourth-order valence-corrected chi connectivity index (χ4v) is 1.88. The smallest absolute Gasteiger partial charge is 0.189 e. The molecule has 0 bridgehead atoms. The van der Waals surface area contributed by atoms with Crippen molar-refractivity contribution in [2.75, 3.05) is 13.7 Å². The molecule has 22 heavy (non-hydrogen) atoms. The van der Waals surface area contributed by atoms with Gasteiger partial charge in [0, 0.05) is 13.2 Å². The zero-order valence-electron chi connectivity index (χ0n) is 14.3. The van der Waals surface area contributed by atoms with Crippen molar-refractivity contribution >= 4 is 5.96 Å². The molecule has 0 amide bonds. The Morgan fingerprint density at radius 1 is 1.32 bits per heavy atom. The molecular formula is C17H29N3O2. The standard InChI is InChI=1S/C17H29N3O2/c1-13(11-21-5)20-16(18)19-10-14-7-6-8-15(9-14)12-22-17(2,3)4/h6-9,13H,10-12H2,1-5H3,(H3,18,19,20). The Bertz CT molecular complexity index is 481. The predicted molar refractivity (Wildman–Crippen MR) is 90.8 cm³/mol. The largest absolute Gasteiger partial charge is 0.383 e. The highest BCUT2D eigenvalue weighted by molar-refractivity contribution is 5.78. The molecule has 5 heteroatoms. The normalized spacial score (nSPS) is 14.0. The minimum Gasteiger partial charge on any atom is -0.383 e. The minimum absolute atomic E-state index is 0.139. The quantitative estimate of drug-likeness (QED) is 0.600. The summed E-state index contributed by atoms with van der Waals surface area (Å²) in [5.41, 5.74) is 7.98. The number of ether oxygens (including phenoxy) is 2. The van der Waals surface area contributed by atoms with E-state index in [1.807, 2.05) is 19.1 Å². The lowest BCUT2D eigenvalue weighted by Gasteiger charge is -2.19. The molecule has 1 aromatic carbocycles. The van der Waals surface area contributed by atoms with E-state index in [4.69, 9.17) is 15.2 Å². The summed E-state index contributed by atoms with van der Waals surface area (Å²) < 4.78 is 10.8. The van der Waals surface area contributed by atoms with E-state index < -0.39 is 0 Å². The Hall–Kier alpha value is -1.59. The molecule has 1 atom stereocenters. The van der Waals surface area contributed by atoms with Crippen molar-refractivity contribution in [3.05, 3.63) is 35.4 Å². The SMILES string of the molecule is COCC(C)NC(N)=NCc1cccc(COC(C)(C)C)c1. The minimum atomic E-state index is -0.139. The highest BCUT2D eigenvalue weighted by Gasteiger charge is 2.10. The van der Waals surface area contributed by atoms with Crippen LogP contribution in [0.5, 0.6) is 0 Å². The number of hydrogen-bond donors (Lipinski definition) is 2. The van der Waals surface area contributed by atoms with Crippen molar-refractivity contribution in [3.63, 3.8) is 0 Å². The maximum absolute atomic E-state index is 5.87. The first-order valence-corrected chi connectivity index (χ1v) is 7.57. The van der Waals surface area contributed by atoms with Gasteiger partial charge in [0.25, 0.3) is 0 Å². The van der Waals surface area contributed by atoms with Crippen molar-refractivity contribution < 1.29 is 9.47 Å². The van der Waals surface area contributed by atoms with E-state index in [-0.39, 0.29) is 11.6 Å². The molecule has 3 N–H and O–H groups in total. The van der Waals surface area contributed by atoms with Crippen molar-refractivity contribution in [1.82, 2.24) is 5.32 Å². The topological polar surface area (TPSA) is 68.9 Å².